The van der Waals surface area contributed by atoms with Crippen LogP contribution in [0.5, 0.6) is 0 Å². The van der Waals surface area contributed by atoms with Gasteiger partial charge in [0.1, 0.15) is 5.01 Å². The van der Waals surface area contributed by atoms with E-state index >= 15 is 0 Å². The minimum absolute atomic E-state index is 0.0485. The Morgan fingerprint density at radius 3 is 2.35 bits per heavy atom. The number of allylic oxidation sites excluding steroid dienone is 1. The first-order valence-electron chi connectivity index (χ1n) is 12.4. The fourth-order valence-electron chi connectivity index (χ4n) is 4.97. The van der Waals surface area contributed by atoms with Gasteiger partial charge in [0.15, 0.2) is 0 Å². The molecule has 0 unspecified atom stereocenters. The Labute approximate surface area is 208 Å². The lowest BCUT2D eigenvalue weighted by Crippen LogP contribution is -2.27. The van der Waals surface area contributed by atoms with Gasteiger partial charge in [-0.25, -0.2) is 4.98 Å². The van der Waals surface area contributed by atoms with Crippen molar-refractivity contribution in [1.82, 2.24) is 10.3 Å². The fourth-order valence-corrected chi connectivity index (χ4v) is 7.27. The van der Waals surface area contributed by atoms with Crippen molar-refractivity contribution in [2.24, 2.45) is 0 Å². The first-order chi connectivity index (χ1) is 16.7. The number of thioether (sulfide) groups is 1. The summed E-state index contributed by atoms with van der Waals surface area (Å²) in [5.74, 6) is 0.568. The molecule has 6 rings (SSSR count). The summed E-state index contributed by atoms with van der Waals surface area (Å²) in [6, 6.07) is 15.6. The number of fused-ring (bicyclic) bond motifs is 2. The number of benzene rings is 2. The summed E-state index contributed by atoms with van der Waals surface area (Å²) in [4.78, 5) is 29.3. The highest BCUT2D eigenvalue weighted by molar-refractivity contribution is 8.03. The van der Waals surface area contributed by atoms with E-state index in [0.717, 1.165) is 43.4 Å². The average Bonchev–Trinajstić information content (AvgIpc) is 2.90. The molecule has 2 saturated carbocycles. The summed E-state index contributed by atoms with van der Waals surface area (Å²) in [7, 11) is 0. The summed E-state index contributed by atoms with van der Waals surface area (Å²) in [6.07, 6.45) is 12.4. The van der Waals surface area contributed by atoms with Crippen LogP contribution in [0, 0.1) is 0 Å². The maximum Gasteiger partial charge on any atom is 0.279 e. The zero-order valence-electron chi connectivity index (χ0n) is 19.3. The molecule has 2 aliphatic carbocycles. The molecule has 176 valence electrons. The second-order valence-corrected chi connectivity index (χ2v) is 11.3. The van der Waals surface area contributed by atoms with E-state index in [2.05, 4.69) is 10.3 Å². The van der Waals surface area contributed by atoms with E-state index in [1.807, 2.05) is 48.5 Å². The molecule has 0 spiro atoms. The smallest absolute Gasteiger partial charge is 0.279 e. The molecule has 0 radical (unpaired) electrons. The third-order valence-corrected chi connectivity index (χ3v) is 9.23. The zero-order chi connectivity index (χ0) is 23.3. The minimum Gasteiger partial charge on any atom is -0.316 e. The molecular formula is C28H30N2O2S2. The molecule has 1 N–H and O–H groups in total. The van der Waals surface area contributed by atoms with Gasteiger partial charge in [0, 0.05) is 15.5 Å². The van der Waals surface area contributed by atoms with Crippen LogP contribution in [0.2, 0.25) is 0 Å². The van der Waals surface area contributed by atoms with E-state index in [0.29, 0.717) is 5.92 Å². The highest BCUT2D eigenvalue weighted by atomic mass is 32.2. The number of aromatic nitrogens is 1. The van der Waals surface area contributed by atoms with Crippen molar-refractivity contribution < 1.29 is 4.79 Å². The predicted molar refractivity (Wildman–Crippen MR) is 142 cm³/mol. The highest BCUT2D eigenvalue weighted by Crippen LogP contribution is 2.38. The molecule has 2 fully saturated rings. The van der Waals surface area contributed by atoms with Gasteiger partial charge in [-0.2, -0.15) is 0 Å². The van der Waals surface area contributed by atoms with E-state index in [-0.39, 0.29) is 11.5 Å². The number of carbonyl (C=O) groups is 1. The number of carbonyl (C=O) groups excluding carboxylic acids is 1. The van der Waals surface area contributed by atoms with E-state index in [1.54, 1.807) is 23.1 Å². The molecule has 1 aliphatic heterocycles. The first kappa shape index (κ1) is 23.3. The van der Waals surface area contributed by atoms with Crippen molar-refractivity contribution in [3.05, 3.63) is 80.1 Å². The third-order valence-electron chi connectivity index (χ3n) is 6.85. The maximum absolute atomic E-state index is 12.0. The summed E-state index contributed by atoms with van der Waals surface area (Å²) >= 11 is 3.41. The molecule has 3 aliphatic rings. The van der Waals surface area contributed by atoms with E-state index in [1.165, 1.54) is 56.9 Å². The first-order valence-corrected chi connectivity index (χ1v) is 14.0. The number of hydrogen-bond donors (Lipinski definition) is 1. The number of nitrogens with one attached hydrogen (secondary N) is 1. The standard InChI is InChI=1S/2C14H15NOS/c2*16-13-11-8-4-5-9-12(11)17-14(15-13)10-6-2-1-3-7-10/h4-5,8-9H,1-3,6-7H2,(H,15,16);4-5,8-10H,1-3,6-7H2. The lowest BCUT2D eigenvalue weighted by Gasteiger charge is -2.23. The minimum atomic E-state index is -0.0556. The maximum atomic E-state index is 12.0. The third kappa shape index (κ3) is 5.28. The fraction of sp³-hybridized carbons (Fsp3) is 0.393. The quantitative estimate of drug-likeness (QED) is 0.386. The van der Waals surface area contributed by atoms with E-state index in [4.69, 9.17) is 0 Å². The van der Waals surface area contributed by atoms with Crippen LogP contribution in [0.15, 0.2) is 68.8 Å². The molecule has 2 heterocycles. The molecule has 34 heavy (non-hydrogen) atoms. The molecule has 4 nitrogen and oxygen atoms in total. The zero-order valence-corrected chi connectivity index (χ0v) is 21.0. The van der Waals surface area contributed by atoms with Gasteiger partial charge in [-0.05, 0) is 68.4 Å². The van der Waals surface area contributed by atoms with Gasteiger partial charge in [-0.15, -0.1) is 11.3 Å². The number of hydrogen-bond acceptors (Lipinski definition) is 5. The summed E-state index contributed by atoms with van der Waals surface area (Å²) in [5.41, 5.74) is 2.18. The molecule has 3 aromatic rings. The number of nitrogens with zero attached hydrogens (tertiary/aromatic N) is 1. The summed E-state index contributed by atoms with van der Waals surface area (Å²) < 4.78 is 1.08. The van der Waals surface area contributed by atoms with Crippen molar-refractivity contribution in [1.29, 1.82) is 0 Å². The van der Waals surface area contributed by atoms with Crippen molar-refractivity contribution in [2.75, 3.05) is 0 Å². The molecule has 0 atom stereocenters. The topological polar surface area (TPSA) is 59.1 Å². The van der Waals surface area contributed by atoms with Crippen molar-refractivity contribution in [3.63, 3.8) is 0 Å². The van der Waals surface area contributed by atoms with E-state index < -0.39 is 0 Å². The monoisotopic (exact) mass is 490 g/mol. The molecular weight excluding hydrogens is 460 g/mol. The Hall–Kier alpha value is -2.44. The van der Waals surface area contributed by atoms with Crippen LogP contribution in [0.1, 0.15) is 85.5 Å². The Morgan fingerprint density at radius 2 is 1.53 bits per heavy atom. The van der Waals surface area contributed by atoms with Crippen LogP contribution in [0.3, 0.4) is 0 Å². The van der Waals surface area contributed by atoms with Crippen molar-refractivity contribution in [2.45, 2.75) is 75.0 Å². The van der Waals surface area contributed by atoms with Gasteiger partial charge < -0.3 is 5.32 Å². The molecule has 6 heteroatoms. The van der Waals surface area contributed by atoms with Gasteiger partial charge in [0.05, 0.1) is 16.0 Å². The Kier molecular flexibility index (Phi) is 7.45. The molecule has 1 amide bonds. The second-order valence-electron chi connectivity index (χ2n) is 9.23. The van der Waals surface area contributed by atoms with Gasteiger partial charge in [0.2, 0.25) is 0 Å². The van der Waals surface area contributed by atoms with Gasteiger partial charge >= 0.3 is 0 Å². The van der Waals surface area contributed by atoms with Gasteiger partial charge in [0.25, 0.3) is 11.5 Å². The van der Waals surface area contributed by atoms with Crippen LogP contribution in [-0.4, -0.2) is 10.9 Å². The molecule has 0 saturated heterocycles. The van der Waals surface area contributed by atoms with E-state index in [9.17, 15) is 9.59 Å². The lowest BCUT2D eigenvalue weighted by atomic mass is 9.90. The number of amides is 1. The normalized spacial score (nSPS) is 18.6. The van der Waals surface area contributed by atoms with Crippen LogP contribution >= 0.6 is 23.1 Å². The van der Waals surface area contributed by atoms with Crippen molar-refractivity contribution >= 4 is 39.1 Å². The van der Waals surface area contributed by atoms with Crippen molar-refractivity contribution in [3.8, 4) is 0 Å². The molecule has 2 aromatic carbocycles. The number of rotatable bonds is 1. The van der Waals surface area contributed by atoms with Gasteiger partial charge in [-0.1, -0.05) is 61.7 Å². The SMILES string of the molecule is O=C1NC(=C2CCCCC2)Sc2ccccc21.O=c1nc(C2CCCCC2)sc2ccccc12. The lowest BCUT2D eigenvalue weighted by molar-refractivity contribution is 0.0963. The Morgan fingerprint density at radius 1 is 0.824 bits per heavy atom. The molecule has 1 aromatic heterocycles. The van der Waals surface area contributed by atoms with Crippen LogP contribution < -0.4 is 10.9 Å². The van der Waals surface area contributed by atoms with Crippen LogP contribution in [0.25, 0.3) is 10.1 Å². The van der Waals surface area contributed by atoms with Crippen LogP contribution in [0.4, 0.5) is 0 Å². The second kappa shape index (κ2) is 10.9. The Balaban J connectivity index is 0.000000142. The largest absolute Gasteiger partial charge is 0.316 e. The summed E-state index contributed by atoms with van der Waals surface area (Å²) in [5, 5.41) is 5.95. The predicted octanol–water partition coefficient (Wildman–Crippen LogP) is 7.40. The summed E-state index contributed by atoms with van der Waals surface area (Å²) in [6.45, 7) is 0. The highest BCUT2D eigenvalue weighted by Gasteiger charge is 2.23. The average molecular weight is 491 g/mol. The molecule has 0 bridgehead atoms. The van der Waals surface area contributed by atoms with Gasteiger partial charge in [-0.3, -0.25) is 9.59 Å². The Bertz CT molecular complexity index is 1270. The van der Waals surface area contributed by atoms with Crippen LogP contribution in [-0.2, 0) is 0 Å².